The minimum absolute atomic E-state index is 0.0677. The molecule has 3 rings (SSSR count). The normalized spacial score (nSPS) is 24.4. The van der Waals surface area contributed by atoms with E-state index in [2.05, 4.69) is 22.3 Å². The number of aliphatic hydroxyl groups is 1. The van der Waals surface area contributed by atoms with Crippen LogP contribution < -0.4 is 11.1 Å². The van der Waals surface area contributed by atoms with E-state index in [0.717, 1.165) is 31.3 Å². The van der Waals surface area contributed by atoms with Gasteiger partial charge in [0.2, 0.25) is 6.41 Å². The van der Waals surface area contributed by atoms with Gasteiger partial charge in [0.15, 0.2) is 0 Å². The molecule has 4 N–H and O–H groups in total. The van der Waals surface area contributed by atoms with Crippen molar-refractivity contribution in [1.29, 1.82) is 0 Å². The Morgan fingerprint density at radius 1 is 1.17 bits per heavy atom. The van der Waals surface area contributed by atoms with Gasteiger partial charge >= 0.3 is 0 Å². The first kappa shape index (κ1) is 23.8. The fourth-order valence-corrected chi connectivity index (χ4v) is 4.44. The van der Waals surface area contributed by atoms with Crippen molar-refractivity contribution in [3.63, 3.8) is 0 Å². The summed E-state index contributed by atoms with van der Waals surface area (Å²) in [6, 6.07) is 10.1. The first-order chi connectivity index (χ1) is 13.8. The van der Waals surface area contributed by atoms with Crippen LogP contribution in [-0.2, 0) is 11.2 Å². The molecular weight excluding hydrogens is 362 g/mol. The highest BCUT2D eigenvalue weighted by Crippen LogP contribution is 2.36. The maximum atomic E-state index is 10.5. The summed E-state index contributed by atoms with van der Waals surface area (Å²) in [7, 11) is 0. The van der Waals surface area contributed by atoms with Gasteiger partial charge in [-0.1, -0.05) is 49.6 Å². The summed E-state index contributed by atoms with van der Waals surface area (Å²) in [6.45, 7) is 8.83. The summed E-state index contributed by atoms with van der Waals surface area (Å²) in [5, 5.41) is 13.1. The average Bonchev–Trinajstić information content (AvgIpc) is 2.68. The molecule has 2 aliphatic rings. The summed E-state index contributed by atoms with van der Waals surface area (Å²) in [5.41, 5.74) is 7.36. The van der Waals surface area contributed by atoms with Crippen molar-refractivity contribution < 1.29 is 9.90 Å². The van der Waals surface area contributed by atoms with E-state index >= 15 is 0 Å². The Kier molecular flexibility index (Phi) is 9.60. The van der Waals surface area contributed by atoms with Gasteiger partial charge in [-0.25, -0.2) is 0 Å². The summed E-state index contributed by atoms with van der Waals surface area (Å²) in [5.74, 6) is 1.81. The van der Waals surface area contributed by atoms with Crippen LogP contribution in [0.25, 0.3) is 0 Å². The lowest BCUT2D eigenvalue weighted by Crippen LogP contribution is -2.49. The first-order valence-corrected chi connectivity index (χ1v) is 11.2. The van der Waals surface area contributed by atoms with Crippen LogP contribution in [0, 0.1) is 11.8 Å². The third kappa shape index (κ3) is 8.85. The van der Waals surface area contributed by atoms with Crippen LogP contribution in [-0.4, -0.2) is 53.7 Å². The Morgan fingerprint density at radius 3 is 2.41 bits per heavy atom. The molecule has 2 fully saturated rings. The SMILES string of the molecule is CC(C)(C)NC=O.N[C@@H](Cc1ccccc1)[C@H](O)CN1CC[C@@H]2CCCC[C@@H]2C1. The molecule has 29 heavy (non-hydrogen) atoms. The molecule has 0 unspecified atom stereocenters. The van der Waals surface area contributed by atoms with E-state index < -0.39 is 6.10 Å². The number of hydrogen-bond acceptors (Lipinski definition) is 4. The zero-order valence-corrected chi connectivity index (χ0v) is 18.5. The van der Waals surface area contributed by atoms with Crippen molar-refractivity contribution in [1.82, 2.24) is 10.2 Å². The molecule has 1 aromatic carbocycles. The topological polar surface area (TPSA) is 78.6 Å². The third-order valence-corrected chi connectivity index (χ3v) is 6.12. The smallest absolute Gasteiger partial charge is 0.207 e. The first-order valence-electron chi connectivity index (χ1n) is 11.2. The van der Waals surface area contributed by atoms with Crippen molar-refractivity contribution in [2.75, 3.05) is 19.6 Å². The fourth-order valence-electron chi connectivity index (χ4n) is 4.44. The number of carbonyl (C=O) groups excluding carboxylic acids is 1. The Morgan fingerprint density at radius 2 is 1.83 bits per heavy atom. The van der Waals surface area contributed by atoms with Crippen LogP contribution in [0.15, 0.2) is 30.3 Å². The summed E-state index contributed by atoms with van der Waals surface area (Å²) in [4.78, 5) is 12.2. The number of hydrogen-bond donors (Lipinski definition) is 3. The Labute approximate surface area is 177 Å². The molecule has 4 atom stereocenters. The van der Waals surface area contributed by atoms with E-state index in [-0.39, 0.29) is 11.6 Å². The van der Waals surface area contributed by atoms with Gasteiger partial charge in [-0.2, -0.15) is 0 Å². The molecule has 164 valence electrons. The average molecular weight is 404 g/mol. The monoisotopic (exact) mass is 403 g/mol. The molecule has 1 aliphatic carbocycles. The zero-order valence-electron chi connectivity index (χ0n) is 18.5. The van der Waals surface area contributed by atoms with Crippen LogP contribution in [0.2, 0.25) is 0 Å². The van der Waals surface area contributed by atoms with Crippen molar-refractivity contribution in [2.24, 2.45) is 17.6 Å². The van der Waals surface area contributed by atoms with Gasteiger partial charge in [0.1, 0.15) is 0 Å². The second-order valence-corrected chi connectivity index (χ2v) is 9.79. The molecule has 0 bridgehead atoms. The number of fused-ring (bicyclic) bond motifs is 1. The zero-order chi connectivity index (χ0) is 21.3. The highest BCUT2D eigenvalue weighted by atomic mass is 16.3. The highest BCUT2D eigenvalue weighted by Gasteiger charge is 2.32. The predicted molar refractivity (Wildman–Crippen MR) is 120 cm³/mol. The number of benzene rings is 1. The van der Waals surface area contributed by atoms with E-state index in [1.165, 1.54) is 44.2 Å². The van der Waals surface area contributed by atoms with Gasteiger partial charge in [0.05, 0.1) is 6.10 Å². The predicted octanol–water partition coefficient (Wildman–Crippen LogP) is 2.96. The number of likely N-dealkylation sites (tertiary alicyclic amines) is 1. The van der Waals surface area contributed by atoms with Gasteiger partial charge in [-0.05, 0) is 64.0 Å². The van der Waals surface area contributed by atoms with Crippen LogP contribution in [0.1, 0.15) is 58.4 Å². The van der Waals surface area contributed by atoms with E-state index in [1.807, 2.05) is 39.0 Å². The number of amides is 1. The molecule has 0 aromatic heterocycles. The van der Waals surface area contributed by atoms with Crippen LogP contribution in [0.5, 0.6) is 0 Å². The van der Waals surface area contributed by atoms with Crippen molar-refractivity contribution >= 4 is 6.41 Å². The van der Waals surface area contributed by atoms with Crippen molar-refractivity contribution in [2.45, 2.75) is 77.0 Å². The maximum absolute atomic E-state index is 10.5. The number of piperidine rings is 1. The molecule has 1 heterocycles. The second kappa shape index (κ2) is 11.7. The lowest BCUT2D eigenvalue weighted by Gasteiger charge is -2.42. The third-order valence-electron chi connectivity index (χ3n) is 6.12. The molecule has 0 spiro atoms. The summed E-state index contributed by atoms with van der Waals surface area (Å²) < 4.78 is 0. The number of carbonyl (C=O) groups is 1. The molecular formula is C24H41N3O2. The lowest BCUT2D eigenvalue weighted by atomic mass is 9.75. The fraction of sp³-hybridized carbons (Fsp3) is 0.708. The van der Waals surface area contributed by atoms with Crippen LogP contribution in [0.4, 0.5) is 0 Å². The minimum Gasteiger partial charge on any atom is -0.390 e. The number of nitrogens with zero attached hydrogens (tertiary/aromatic N) is 1. The van der Waals surface area contributed by atoms with Crippen LogP contribution in [0.3, 0.4) is 0 Å². The van der Waals surface area contributed by atoms with E-state index in [9.17, 15) is 9.90 Å². The van der Waals surface area contributed by atoms with Gasteiger partial charge < -0.3 is 21.1 Å². The lowest BCUT2D eigenvalue weighted by molar-refractivity contribution is -0.110. The molecule has 1 aromatic rings. The molecule has 0 radical (unpaired) electrons. The Balaban J connectivity index is 0.000000370. The van der Waals surface area contributed by atoms with Gasteiger partial charge in [-0.15, -0.1) is 0 Å². The quantitative estimate of drug-likeness (QED) is 0.638. The highest BCUT2D eigenvalue weighted by molar-refractivity contribution is 5.47. The second-order valence-electron chi connectivity index (χ2n) is 9.79. The number of nitrogens with two attached hydrogens (primary N) is 1. The molecule has 1 amide bonds. The van der Waals surface area contributed by atoms with Gasteiger partial charge in [-0.3, -0.25) is 4.79 Å². The Bertz CT molecular complexity index is 588. The molecule has 1 saturated heterocycles. The summed E-state index contributed by atoms with van der Waals surface area (Å²) in [6.07, 6.45) is 7.96. The maximum Gasteiger partial charge on any atom is 0.207 e. The number of aliphatic hydroxyl groups excluding tert-OH is 1. The van der Waals surface area contributed by atoms with Gasteiger partial charge in [0.25, 0.3) is 0 Å². The molecule has 1 saturated carbocycles. The minimum atomic E-state index is -0.430. The van der Waals surface area contributed by atoms with Crippen molar-refractivity contribution in [3.05, 3.63) is 35.9 Å². The van der Waals surface area contributed by atoms with Crippen LogP contribution >= 0.6 is 0 Å². The largest absolute Gasteiger partial charge is 0.390 e. The number of rotatable bonds is 6. The number of β-amino-alcohol motifs (C(OH)–C–C–N with tert-alkyl or cyclic N) is 1. The standard InChI is InChI=1S/C19H30N2O.C5H11NO/c20-18(12-15-6-2-1-3-7-15)19(22)14-21-11-10-16-8-4-5-9-17(16)13-21;1-5(2,3)6-4-7/h1-3,6-7,16-19,22H,4-5,8-14,20H2;4H,1-3H3,(H,6,7)/t16-,17+,18-,19+;/m0./s1. The Hall–Kier alpha value is -1.43. The molecule has 5 nitrogen and oxygen atoms in total. The number of nitrogens with one attached hydrogen (secondary N) is 1. The van der Waals surface area contributed by atoms with Gasteiger partial charge in [0, 0.05) is 24.7 Å². The van der Waals surface area contributed by atoms with E-state index in [0.29, 0.717) is 6.41 Å². The van der Waals surface area contributed by atoms with E-state index in [4.69, 9.17) is 5.73 Å². The van der Waals surface area contributed by atoms with E-state index in [1.54, 1.807) is 0 Å². The molecule has 5 heteroatoms. The summed E-state index contributed by atoms with van der Waals surface area (Å²) >= 11 is 0. The van der Waals surface area contributed by atoms with Crippen molar-refractivity contribution in [3.8, 4) is 0 Å². The molecule has 1 aliphatic heterocycles.